The first-order valence-electron chi connectivity index (χ1n) is 6.56. The molecule has 1 aromatic rings. The molecule has 0 spiro atoms. The fourth-order valence-corrected chi connectivity index (χ4v) is 1.86. The molecule has 0 aromatic heterocycles. The van der Waals surface area contributed by atoms with Crippen LogP contribution in [0.4, 0.5) is 10.1 Å². The molecule has 0 saturated heterocycles. The number of amides is 1. The van der Waals surface area contributed by atoms with Crippen molar-refractivity contribution in [3.8, 4) is 11.5 Å². The quantitative estimate of drug-likeness (QED) is 0.800. The maximum atomic E-state index is 13.8. The van der Waals surface area contributed by atoms with E-state index in [2.05, 4.69) is 10.6 Å². The van der Waals surface area contributed by atoms with Crippen LogP contribution in [0.25, 0.3) is 0 Å². The first-order valence-corrected chi connectivity index (χ1v) is 6.56. The van der Waals surface area contributed by atoms with Crippen molar-refractivity contribution in [2.75, 3.05) is 32.6 Å². The Labute approximate surface area is 117 Å². The maximum Gasteiger partial charge on any atom is 0.238 e. The minimum atomic E-state index is -0.557. The third kappa shape index (κ3) is 3.84. The largest absolute Gasteiger partial charge is 0.493 e. The SMILES string of the molecule is COc1cc(F)c(NC(=O)CNCC2CC2)cc1OC. The predicted molar refractivity (Wildman–Crippen MR) is 73.7 cm³/mol. The van der Waals surface area contributed by atoms with Gasteiger partial charge >= 0.3 is 0 Å². The highest BCUT2D eigenvalue weighted by atomic mass is 19.1. The molecule has 1 aromatic carbocycles. The minimum absolute atomic E-state index is 0.0841. The van der Waals surface area contributed by atoms with Crippen LogP contribution < -0.4 is 20.1 Å². The molecule has 1 fully saturated rings. The van der Waals surface area contributed by atoms with E-state index in [0.717, 1.165) is 6.54 Å². The van der Waals surface area contributed by atoms with Gasteiger partial charge in [0.15, 0.2) is 17.3 Å². The average Bonchev–Trinajstić information content (AvgIpc) is 3.24. The van der Waals surface area contributed by atoms with Crippen LogP contribution in [0.3, 0.4) is 0 Å². The zero-order valence-electron chi connectivity index (χ0n) is 11.7. The molecular weight excluding hydrogens is 263 g/mol. The molecule has 1 saturated carbocycles. The van der Waals surface area contributed by atoms with E-state index < -0.39 is 5.82 Å². The van der Waals surface area contributed by atoms with Gasteiger partial charge in [-0.25, -0.2) is 4.39 Å². The van der Waals surface area contributed by atoms with Crippen molar-refractivity contribution in [1.82, 2.24) is 5.32 Å². The third-order valence-corrected chi connectivity index (χ3v) is 3.16. The zero-order valence-corrected chi connectivity index (χ0v) is 11.7. The molecule has 2 rings (SSSR count). The second-order valence-corrected chi connectivity index (χ2v) is 4.81. The first-order chi connectivity index (χ1) is 9.63. The Balaban J connectivity index is 1.94. The Morgan fingerprint density at radius 1 is 1.30 bits per heavy atom. The van der Waals surface area contributed by atoms with Gasteiger partial charge in [-0.1, -0.05) is 0 Å². The van der Waals surface area contributed by atoms with E-state index in [-0.39, 0.29) is 23.9 Å². The van der Waals surface area contributed by atoms with Crippen LogP contribution in [0.5, 0.6) is 11.5 Å². The molecule has 6 heteroatoms. The summed E-state index contributed by atoms with van der Waals surface area (Å²) in [5, 5.41) is 5.57. The molecule has 0 radical (unpaired) electrons. The Morgan fingerprint density at radius 3 is 2.55 bits per heavy atom. The Morgan fingerprint density at radius 2 is 1.95 bits per heavy atom. The van der Waals surface area contributed by atoms with Gasteiger partial charge in [-0.3, -0.25) is 4.79 Å². The monoisotopic (exact) mass is 282 g/mol. The second kappa shape index (κ2) is 6.56. The van der Waals surface area contributed by atoms with E-state index in [1.54, 1.807) is 0 Å². The smallest absolute Gasteiger partial charge is 0.238 e. The Kier molecular flexibility index (Phi) is 4.79. The normalized spacial score (nSPS) is 13.9. The number of hydrogen-bond acceptors (Lipinski definition) is 4. The van der Waals surface area contributed by atoms with E-state index in [0.29, 0.717) is 11.7 Å². The third-order valence-electron chi connectivity index (χ3n) is 3.16. The molecule has 0 heterocycles. The molecule has 1 aliphatic rings. The van der Waals surface area contributed by atoms with Gasteiger partial charge in [0, 0.05) is 12.1 Å². The number of hydrogen-bond donors (Lipinski definition) is 2. The number of ether oxygens (including phenoxy) is 2. The minimum Gasteiger partial charge on any atom is -0.493 e. The topological polar surface area (TPSA) is 59.6 Å². The molecule has 1 amide bonds. The van der Waals surface area contributed by atoms with Gasteiger partial charge in [0.05, 0.1) is 26.5 Å². The van der Waals surface area contributed by atoms with Gasteiger partial charge in [-0.2, -0.15) is 0 Å². The van der Waals surface area contributed by atoms with Crippen molar-refractivity contribution in [2.45, 2.75) is 12.8 Å². The Bertz CT molecular complexity index is 490. The molecule has 0 aliphatic heterocycles. The van der Waals surface area contributed by atoms with Gasteiger partial charge < -0.3 is 20.1 Å². The van der Waals surface area contributed by atoms with Crippen LogP contribution in [0.2, 0.25) is 0 Å². The van der Waals surface area contributed by atoms with Crippen molar-refractivity contribution < 1.29 is 18.7 Å². The molecule has 0 unspecified atom stereocenters. The summed E-state index contributed by atoms with van der Waals surface area (Å²) >= 11 is 0. The summed E-state index contributed by atoms with van der Waals surface area (Å²) in [6.45, 7) is 1.01. The van der Waals surface area contributed by atoms with Gasteiger partial charge in [-0.15, -0.1) is 0 Å². The number of nitrogens with one attached hydrogen (secondary N) is 2. The molecule has 20 heavy (non-hydrogen) atoms. The van der Waals surface area contributed by atoms with Crippen LogP contribution >= 0.6 is 0 Å². The second-order valence-electron chi connectivity index (χ2n) is 4.81. The van der Waals surface area contributed by atoms with Gasteiger partial charge in [-0.05, 0) is 25.3 Å². The summed E-state index contributed by atoms with van der Waals surface area (Å²) in [7, 11) is 2.88. The summed E-state index contributed by atoms with van der Waals surface area (Å²) in [6, 6.07) is 2.60. The van der Waals surface area contributed by atoms with Crippen molar-refractivity contribution in [2.24, 2.45) is 5.92 Å². The van der Waals surface area contributed by atoms with Crippen LogP contribution in [-0.4, -0.2) is 33.2 Å². The summed E-state index contributed by atoms with van der Waals surface area (Å²) < 4.78 is 23.9. The van der Waals surface area contributed by atoms with E-state index in [1.807, 2.05) is 0 Å². The zero-order chi connectivity index (χ0) is 14.5. The summed E-state index contributed by atoms with van der Waals surface area (Å²) in [4.78, 5) is 11.7. The van der Waals surface area contributed by atoms with Crippen LogP contribution in [0.1, 0.15) is 12.8 Å². The number of halogens is 1. The fourth-order valence-electron chi connectivity index (χ4n) is 1.86. The van der Waals surface area contributed by atoms with Crippen LogP contribution in [0.15, 0.2) is 12.1 Å². The number of carbonyl (C=O) groups excluding carboxylic acids is 1. The van der Waals surface area contributed by atoms with Crippen LogP contribution in [-0.2, 0) is 4.79 Å². The fraction of sp³-hybridized carbons (Fsp3) is 0.500. The highest BCUT2D eigenvalue weighted by Crippen LogP contribution is 2.32. The number of anilines is 1. The first kappa shape index (κ1) is 14.6. The number of carbonyl (C=O) groups is 1. The lowest BCUT2D eigenvalue weighted by Crippen LogP contribution is -2.29. The van der Waals surface area contributed by atoms with Crippen molar-refractivity contribution >= 4 is 11.6 Å². The van der Waals surface area contributed by atoms with Gasteiger partial charge in [0.2, 0.25) is 5.91 Å². The molecule has 5 nitrogen and oxygen atoms in total. The Hall–Kier alpha value is -1.82. The van der Waals surface area contributed by atoms with Crippen molar-refractivity contribution in [3.63, 3.8) is 0 Å². The number of methoxy groups -OCH3 is 2. The number of rotatable bonds is 7. The van der Waals surface area contributed by atoms with Gasteiger partial charge in [0.1, 0.15) is 0 Å². The summed E-state index contributed by atoms with van der Waals surface area (Å²) in [5.41, 5.74) is 0.0841. The molecule has 0 atom stereocenters. The van der Waals surface area contributed by atoms with E-state index >= 15 is 0 Å². The molecule has 2 N–H and O–H groups in total. The molecule has 1 aliphatic carbocycles. The number of benzene rings is 1. The lowest BCUT2D eigenvalue weighted by atomic mass is 10.2. The van der Waals surface area contributed by atoms with Crippen molar-refractivity contribution in [3.05, 3.63) is 17.9 Å². The van der Waals surface area contributed by atoms with Crippen molar-refractivity contribution in [1.29, 1.82) is 0 Å². The van der Waals surface area contributed by atoms with E-state index in [4.69, 9.17) is 9.47 Å². The summed E-state index contributed by atoms with van der Waals surface area (Å²) in [5.74, 6) is 0.514. The van der Waals surface area contributed by atoms with Crippen LogP contribution in [0, 0.1) is 11.7 Å². The standard InChI is InChI=1S/C14H19FN2O3/c1-19-12-5-10(15)11(6-13(12)20-2)17-14(18)8-16-7-9-3-4-9/h5-6,9,16H,3-4,7-8H2,1-2H3,(H,17,18). The van der Waals surface area contributed by atoms with Gasteiger partial charge in [0.25, 0.3) is 0 Å². The highest BCUT2D eigenvalue weighted by molar-refractivity contribution is 5.92. The lowest BCUT2D eigenvalue weighted by molar-refractivity contribution is -0.115. The molecular formula is C14H19FN2O3. The lowest BCUT2D eigenvalue weighted by Gasteiger charge is -2.12. The maximum absolute atomic E-state index is 13.8. The summed E-state index contributed by atoms with van der Waals surface area (Å²) in [6.07, 6.45) is 2.44. The van der Waals surface area contributed by atoms with E-state index in [9.17, 15) is 9.18 Å². The molecule has 0 bridgehead atoms. The highest BCUT2D eigenvalue weighted by Gasteiger charge is 2.20. The molecule has 110 valence electrons. The average molecular weight is 282 g/mol. The van der Waals surface area contributed by atoms with E-state index in [1.165, 1.54) is 39.2 Å². The predicted octanol–water partition coefficient (Wildman–Crippen LogP) is 1.78.